The molecule has 2 N–H and O–H groups in total. The highest BCUT2D eigenvalue weighted by atomic mass is 32.2. The molecule has 0 unspecified atom stereocenters. The Balaban J connectivity index is 1.71. The van der Waals surface area contributed by atoms with Crippen LogP contribution in [0.4, 0.5) is 16.2 Å². The molecule has 0 bridgehead atoms. The van der Waals surface area contributed by atoms with E-state index in [2.05, 4.69) is 10.6 Å². The van der Waals surface area contributed by atoms with Gasteiger partial charge >= 0.3 is 6.03 Å². The number of methoxy groups -OCH3 is 2. The number of benzene rings is 2. The zero-order chi connectivity index (χ0) is 21.7. The van der Waals surface area contributed by atoms with E-state index in [1.165, 1.54) is 11.4 Å². The lowest BCUT2D eigenvalue weighted by molar-refractivity contribution is 0.262. The Labute approximate surface area is 177 Å². The predicted octanol–water partition coefficient (Wildman–Crippen LogP) is 3.45. The number of hydrogen-bond acceptors (Lipinski definition) is 5. The molecule has 0 aliphatic carbocycles. The van der Waals surface area contributed by atoms with Crippen LogP contribution in [-0.2, 0) is 23.0 Å². The minimum absolute atomic E-state index is 0.145. The summed E-state index contributed by atoms with van der Waals surface area (Å²) in [6, 6.07) is 10.3. The SMILES string of the molecule is CCCS(=O)(=O)N1CCc2ccc(NC(=O)Nc3ccc(OC)cc3OC)cc2C1. The summed E-state index contributed by atoms with van der Waals surface area (Å²) in [6.07, 6.45) is 1.25. The summed E-state index contributed by atoms with van der Waals surface area (Å²) >= 11 is 0. The Morgan fingerprint density at radius 3 is 2.57 bits per heavy atom. The van der Waals surface area contributed by atoms with Gasteiger partial charge in [0.1, 0.15) is 11.5 Å². The normalized spacial score (nSPS) is 14.0. The van der Waals surface area contributed by atoms with Crippen LogP contribution in [-0.4, -0.2) is 45.3 Å². The van der Waals surface area contributed by atoms with Crippen molar-refractivity contribution in [2.75, 3.05) is 37.2 Å². The Hall–Kier alpha value is -2.78. The maximum Gasteiger partial charge on any atom is 0.323 e. The molecule has 1 heterocycles. The fourth-order valence-electron chi connectivity index (χ4n) is 3.42. The molecule has 0 saturated carbocycles. The second-order valence-electron chi connectivity index (χ2n) is 7.03. The van der Waals surface area contributed by atoms with E-state index >= 15 is 0 Å². The van der Waals surface area contributed by atoms with Gasteiger partial charge in [-0.25, -0.2) is 13.2 Å². The van der Waals surface area contributed by atoms with Gasteiger partial charge in [0, 0.05) is 24.8 Å². The van der Waals surface area contributed by atoms with Crippen molar-refractivity contribution < 1.29 is 22.7 Å². The summed E-state index contributed by atoms with van der Waals surface area (Å²) in [5.41, 5.74) is 3.10. The number of hydrogen-bond donors (Lipinski definition) is 2. The van der Waals surface area contributed by atoms with Crippen molar-refractivity contribution >= 4 is 27.4 Å². The molecule has 2 aromatic rings. The second-order valence-corrected chi connectivity index (χ2v) is 9.12. The van der Waals surface area contributed by atoms with E-state index in [1.807, 2.05) is 25.1 Å². The number of amides is 2. The van der Waals surface area contributed by atoms with E-state index in [9.17, 15) is 13.2 Å². The number of nitrogens with zero attached hydrogens (tertiary/aromatic N) is 1. The predicted molar refractivity (Wildman–Crippen MR) is 117 cm³/mol. The lowest BCUT2D eigenvalue weighted by Gasteiger charge is -2.28. The third-order valence-corrected chi connectivity index (χ3v) is 6.98. The van der Waals surface area contributed by atoms with Crippen molar-refractivity contribution in [1.82, 2.24) is 4.31 Å². The number of sulfonamides is 1. The van der Waals surface area contributed by atoms with E-state index in [0.29, 0.717) is 48.8 Å². The Morgan fingerprint density at radius 2 is 1.87 bits per heavy atom. The molecule has 2 amide bonds. The van der Waals surface area contributed by atoms with Gasteiger partial charge in [-0.15, -0.1) is 0 Å². The van der Waals surface area contributed by atoms with Crippen LogP contribution in [0.5, 0.6) is 11.5 Å². The van der Waals surface area contributed by atoms with E-state index in [4.69, 9.17) is 9.47 Å². The average Bonchev–Trinajstić information content (AvgIpc) is 2.73. The number of carbonyl (C=O) groups is 1. The summed E-state index contributed by atoms with van der Waals surface area (Å²) in [5.74, 6) is 1.24. The van der Waals surface area contributed by atoms with Gasteiger partial charge in [-0.1, -0.05) is 13.0 Å². The lowest BCUT2D eigenvalue weighted by Crippen LogP contribution is -2.37. The van der Waals surface area contributed by atoms with Crippen LogP contribution in [0.25, 0.3) is 0 Å². The minimum Gasteiger partial charge on any atom is -0.497 e. The highest BCUT2D eigenvalue weighted by Crippen LogP contribution is 2.29. The van der Waals surface area contributed by atoms with E-state index in [1.54, 1.807) is 25.3 Å². The zero-order valence-corrected chi connectivity index (χ0v) is 18.2. The van der Waals surface area contributed by atoms with Crippen LogP contribution in [0, 0.1) is 0 Å². The first-order valence-corrected chi connectivity index (χ1v) is 11.4. The fourth-order valence-corrected chi connectivity index (χ4v) is 4.90. The highest BCUT2D eigenvalue weighted by molar-refractivity contribution is 7.89. The fraction of sp³-hybridized carbons (Fsp3) is 0.381. The average molecular weight is 434 g/mol. The summed E-state index contributed by atoms with van der Waals surface area (Å²) in [7, 11) is -0.188. The Morgan fingerprint density at radius 1 is 1.07 bits per heavy atom. The monoisotopic (exact) mass is 433 g/mol. The molecule has 9 heteroatoms. The number of carbonyl (C=O) groups excluding carboxylic acids is 1. The number of ether oxygens (including phenoxy) is 2. The second kappa shape index (κ2) is 9.36. The van der Waals surface area contributed by atoms with Crippen LogP contribution in [0.1, 0.15) is 24.5 Å². The van der Waals surface area contributed by atoms with Crippen molar-refractivity contribution in [3.8, 4) is 11.5 Å². The first-order chi connectivity index (χ1) is 14.4. The highest BCUT2D eigenvalue weighted by Gasteiger charge is 2.26. The molecule has 1 aliphatic heterocycles. The van der Waals surface area contributed by atoms with Gasteiger partial charge in [-0.2, -0.15) is 4.31 Å². The van der Waals surface area contributed by atoms with Crippen molar-refractivity contribution in [1.29, 1.82) is 0 Å². The number of urea groups is 1. The van der Waals surface area contributed by atoms with Gasteiger partial charge in [0.2, 0.25) is 10.0 Å². The maximum atomic E-state index is 12.5. The molecular weight excluding hydrogens is 406 g/mol. The van der Waals surface area contributed by atoms with Crippen LogP contribution in [0.15, 0.2) is 36.4 Å². The molecule has 162 valence electrons. The first kappa shape index (κ1) is 21.9. The third-order valence-electron chi connectivity index (χ3n) is 4.95. The lowest BCUT2D eigenvalue weighted by atomic mass is 10.0. The van der Waals surface area contributed by atoms with Crippen LogP contribution in [0.2, 0.25) is 0 Å². The van der Waals surface area contributed by atoms with E-state index in [0.717, 1.165) is 11.1 Å². The summed E-state index contributed by atoms with van der Waals surface area (Å²) in [4.78, 5) is 12.5. The number of rotatable bonds is 7. The largest absolute Gasteiger partial charge is 0.497 e. The molecule has 30 heavy (non-hydrogen) atoms. The van der Waals surface area contributed by atoms with Gasteiger partial charge in [-0.05, 0) is 48.2 Å². The zero-order valence-electron chi connectivity index (χ0n) is 17.4. The number of fused-ring (bicyclic) bond motifs is 1. The standard InChI is InChI=1S/C21H27N3O5S/c1-4-11-30(26,27)24-10-9-15-5-6-17(12-16(15)14-24)22-21(25)23-19-8-7-18(28-2)13-20(19)29-3/h5-8,12-13H,4,9-11,14H2,1-3H3,(H2,22,23,25). The number of nitrogens with one attached hydrogen (secondary N) is 2. The summed E-state index contributed by atoms with van der Waals surface area (Å²) < 4.78 is 36.8. The number of anilines is 2. The molecule has 1 aliphatic rings. The van der Waals surface area contributed by atoms with Crippen molar-refractivity contribution in [2.24, 2.45) is 0 Å². The van der Waals surface area contributed by atoms with Crippen molar-refractivity contribution in [2.45, 2.75) is 26.3 Å². The molecule has 0 fully saturated rings. The van der Waals surface area contributed by atoms with Gasteiger partial charge in [-0.3, -0.25) is 0 Å². The molecule has 8 nitrogen and oxygen atoms in total. The van der Waals surface area contributed by atoms with Gasteiger partial charge in [0.15, 0.2) is 0 Å². The summed E-state index contributed by atoms with van der Waals surface area (Å²) in [5, 5.41) is 5.55. The maximum absolute atomic E-state index is 12.5. The topological polar surface area (TPSA) is 97.0 Å². The molecule has 0 atom stereocenters. The minimum atomic E-state index is -3.26. The molecule has 0 saturated heterocycles. The van der Waals surface area contributed by atoms with E-state index < -0.39 is 16.1 Å². The van der Waals surface area contributed by atoms with Crippen LogP contribution >= 0.6 is 0 Å². The quantitative estimate of drug-likeness (QED) is 0.697. The van der Waals surface area contributed by atoms with Crippen LogP contribution < -0.4 is 20.1 Å². The van der Waals surface area contributed by atoms with Crippen molar-refractivity contribution in [3.05, 3.63) is 47.5 Å². The molecule has 0 aromatic heterocycles. The smallest absolute Gasteiger partial charge is 0.323 e. The molecule has 0 radical (unpaired) electrons. The Kier molecular flexibility index (Phi) is 6.84. The summed E-state index contributed by atoms with van der Waals surface area (Å²) in [6.45, 7) is 2.66. The van der Waals surface area contributed by atoms with Gasteiger partial charge < -0.3 is 20.1 Å². The molecule has 0 spiro atoms. The Bertz CT molecular complexity index is 1020. The first-order valence-electron chi connectivity index (χ1n) is 9.76. The van der Waals surface area contributed by atoms with Gasteiger partial charge in [0.05, 0.1) is 25.7 Å². The third kappa shape index (κ3) is 5.03. The van der Waals surface area contributed by atoms with Crippen LogP contribution in [0.3, 0.4) is 0 Å². The molecular formula is C21H27N3O5S. The van der Waals surface area contributed by atoms with Gasteiger partial charge in [0.25, 0.3) is 0 Å². The van der Waals surface area contributed by atoms with E-state index in [-0.39, 0.29) is 5.75 Å². The van der Waals surface area contributed by atoms with Crippen molar-refractivity contribution in [3.63, 3.8) is 0 Å². The molecule has 2 aromatic carbocycles. The molecule has 3 rings (SSSR count).